The van der Waals surface area contributed by atoms with Crippen molar-refractivity contribution in [3.63, 3.8) is 0 Å². The van der Waals surface area contributed by atoms with Gasteiger partial charge in [-0.25, -0.2) is 8.42 Å². The molecule has 118 valence electrons. The van der Waals surface area contributed by atoms with Crippen molar-refractivity contribution in [3.05, 3.63) is 16.5 Å². The van der Waals surface area contributed by atoms with E-state index in [1.165, 1.54) is 24.2 Å². The van der Waals surface area contributed by atoms with Gasteiger partial charge in [-0.15, -0.1) is 11.3 Å². The Morgan fingerprint density at radius 2 is 1.95 bits per heavy atom. The Balaban J connectivity index is 1.72. The Bertz CT molecular complexity index is 600. The second-order valence-electron chi connectivity index (χ2n) is 5.87. The number of nitrogens with one attached hydrogen (secondary N) is 1. The van der Waals surface area contributed by atoms with Gasteiger partial charge in [0.1, 0.15) is 4.21 Å². The molecular weight excluding hydrogens is 306 g/mol. The van der Waals surface area contributed by atoms with Gasteiger partial charge >= 0.3 is 0 Å². The van der Waals surface area contributed by atoms with E-state index in [0.717, 1.165) is 36.1 Å². The molecule has 1 saturated heterocycles. The van der Waals surface area contributed by atoms with Gasteiger partial charge in [0, 0.05) is 43.6 Å². The summed E-state index contributed by atoms with van der Waals surface area (Å²) in [4.78, 5) is 3.53. The normalized spacial score (nSPS) is 21.8. The number of piperazine rings is 1. The molecule has 0 bridgehead atoms. The zero-order chi connectivity index (χ0) is 15.0. The van der Waals surface area contributed by atoms with Crippen LogP contribution >= 0.6 is 11.3 Å². The molecule has 0 atom stereocenters. The van der Waals surface area contributed by atoms with Crippen molar-refractivity contribution < 1.29 is 8.42 Å². The van der Waals surface area contributed by atoms with Crippen LogP contribution in [0.2, 0.25) is 0 Å². The molecule has 21 heavy (non-hydrogen) atoms. The van der Waals surface area contributed by atoms with Gasteiger partial charge < -0.3 is 5.32 Å². The highest BCUT2D eigenvalue weighted by molar-refractivity contribution is 7.91. The van der Waals surface area contributed by atoms with Crippen LogP contribution in [0.3, 0.4) is 0 Å². The van der Waals surface area contributed by atoms with Gasteiger partial charge in [-0.3, -0.25) is 4.90 Å². The number of hydrogen-bond acceptors (Lipinski definition) is 5. The lowest BCUT2D eigenvalue weighted by Crippen LogP contribution is -2.49. The average molecular weight is 329 g/mol. The molecule has 1 aliphatic heterocycles. The standard InChI is InChI=1S/C14H23N3O2S2/c1-11-9-14(20-13(11)10-15-2)21(18,19)17-7-5-16(6-8-17)12-3-4-12/h9,12,15H,3-8,10H2,1-2H3. The number of sulfonamides is 1. The summed E-state index contributed by atoms with van der Waals surface area (Å²) in [6, 6.07) is 2.54. The predicted molar refractivity (Wildman–Crippen MR) is 85.2 cm³/mol. The number of rotatable bonds is 5. The Kier molecular flexibility index (Phi) is 4.38. The van der Waals surface area contributed by atoms with Gasteiger partial charge in [0.2, 0.25) is 0 Å². The van der Waals surface area contributed by atoms with E-state index in [-0.39, 0.29) is 0 Å². The summed E-state index contributed by atoms with van der Waals surface area (Å²) in [7, 11) is -1.43. The first kappa shape index (κ1) is 15.4. The fourth-order valence-corrected chi connectivity index (χ4v) is 6.01. The van der Waals surface area contributed by atoms with Gasteiger partial charge in [0.25, 0.3) is 10.0 Å². The Morgan fingerprint density at radius 1 is 1.29 bits per heavy atom. The summed E-state index contributed by atoms with van der Waals surface area (Å²) in [5.41, 5.74) is 1.06. The maximum absolute atomic E-state index is 12.7. The van der Waals surface area contributed by atoms with E-state index < -0.39 is 10.0 Å². The molecule has 1 saturated carbocycles. The molecule has 2 fully saturated rings. The second-order valence-corrected chi connectivity index (χ2v) is 9.17. The van der Waals surface area contributed by atoms with E-state index >= 15 is 0 Å². The van der Waals surface area contributed by atoms with Crippen LogP contribution in [-0.2, 0) is 16.6 Å². The van der Waals surface area contributed by atoms with E-state index in [0.29, 0.717) is 17.3 Å². The quantitative estimate of drug-likeness (QED) is 0.883. The summed E-state index contributed by atoms with van der Waals surface area (Å²) in [5.74, 6) is 0. The van der Waals surface area contributed by atoms with Crippen molar-refractivity contribution >= 4 is 21.4 Å². The van der Waals surface area contributed by atoms with Crippen LogP contribution < -0.4 is 5.32 Å². The molecule has 5 nitrogen and oxygen atoms in total. The first-order chi connectivity index (χ1) is 10.0. The highest BCUT2D eigenvalue weighted by atomic mass is 32.2. The maximum Gasteiger partial charge on any atom is 0.252 e. The van der Waals surface area contributed by atoms with Gasteiger partial charge in [-0.2, -0.15) is 4.31 Å². The predicted octanol–water partition coefficient (Wildman–Crippen LogP) is 1.24. The zero-order valence-corrected chi connectivity index (χ0v) is 14.3. The van der Waals surface area contributed by atoms with Crippen LogP contribution in [-0.4, -0.2) is 56.9 Å². The monoisotopic (exact) mass is 329 g/mol. The largest absolute Gasteiger partial charge is 0.315 e. The Morgan fingerprint density at radius 3 is 2.52 bits per heavy atom. The first-order valence-electron chi connectivity index (χ1n) is 7.50. The van der Waals surface area contributed by atoms with Crippen molar-refractivity contribution in [2.45, 2.75) is 36.6 Å². The van der Waals surface area contributed by atoms with E-state index in [2.05, 4.69) is 10.2 Å². The van der Waals surface area contributed by atoms with Crippen LogP contribution in [0.25, 0.3) is 0 Å². The van der Waals surface area contributed by atoms with Crippen LogP contribution in [0.5, 0.6) is 0 Å². The lowest BCUT2D eigenvalue weighted by Gasteiger charge is -2.33. The zero-order valence-electron chi connectivity index (χ0n) is 12.6. The van der Waals surface area contributed by atoms with E-state index in [1.54, 1.807) is 4.31 Å². The van der Waals surface area contributed by atoms with Crippen molar-refractivity contribution in [1.29, 1.82) is 0 Å². The van der Waals surface area contributed by atoms with Crippen LogP contribution in [0.1, 0.15) is 23.3 Å². The lowest BCUT2D eigenvalue weighted by molar-refractivity contribution is 0.181. The molecular formula is C14H23N3O2S2. The van der Waals surface area contributed by atoms with Crippen LogP contribution in [0.4, 0.5) is 0 Å². The van der Waals surface area contributed by atoms with Gasteiger partial charge in [0.15, 0.2) is 0 Å². The smallest absolute Gasteiger partial charge is 0.252 e. The fraction of sp³-hybridized carbons (Fsp3) is 0.714. The summed E-state index contributed by atoms with van der Waals surface area (Å²) >= 11 is 1.40. The van der Waals surface area contributed by atoms with Crippen molar-refractivity contribution in [3.8, 4) is 0 Å². The summed E-state index contributed by atoms with van der Waals surface area (Å²) in [6.45, 7) is 5.69. The van der Waals surface area contributed by atoms with E-state index in [9.17, 15) is 8.42 Å². The van der Waals surface area contributed by atoms with Crippen molar-refractivity contribution in [2.24, 2.45) is 0 Å². The molecule has 0 amide bonds. The third-order valence-electron chi connectivity index (χ3n) is 4.27. The molecule has 0 aromatic carbocycles. The molecule has 1 aliphatic carbocycles. The molecule has 2 heterocycles. The van der Waals surface area contributed by atoms with Crippen LogP contribution in [0, 0.1) is 6.92 Å². The van der Waals surface area contributed by atoms with Crippen molar-refractivity contribution in [2.75, 3.05) is 33.2 Å². The summed E-state index contributed by atoms with van der Waals surface area (Å²) < 4.78 is 27.6. The molecule has 0 unspecified atom stereocenters. The third-order valence-corrected chi connectivity index (χ3v) is 7.85. The van der Waals surface area contributed by atoms with E-state index in [4.69, 9.17) is 0 Å². The minimum absolute atomic E-state index is 0.491. The van der Waals surface area contributed by atoms with E-state index in [1.807, 2.05) is 20.0 Å². The summed E-state index contributed by atoms with van der Waals surface area (Å²) in [6.07, 6.45) is 2.56. The fourth-order valence-electron chi connectivity index (χ4n) is 2.83. The minimum Gasteiger partial charge on any atom is -0.315 e. The number of nitrogens with zero attached hydrogens (tertiary/aromatic N) is 2. The van der Waals surface area contributed by atoms with Crippen molar-refractivity contribution in [1.82, 2.24) is 14.5 Å². The van der Waals surface area contributed by atoms with Gasteiger partial charge in [0.05, 0.1) is 0 Å². The molecule has 3 rings (SSSR count). The molecule has 7 heteroatoms. The highest BCUT2D eigenvalue weighted by Gasteiger charge is 2.35. The maximum atomic E-state index is 12.7. The Labute approximate surface area is 131 Å². The molecule has 1 aromatic heterocycles. The topological polar surface area (TPSA) is 52.7 Å². The molecule has 1 N–H and O–H groups in total. The molecule has 1 aromatic rings. The lowest BCUT2D eigenvalue weighted by atomic mass is 10.3. The summed E-state index contributed by atoms with van der Waals surface area (Å²) in [5, 5.41) is 3.09. The molecule has 2 aliphatic rings. The molecule has 0 spiro atoms. The van der Waals surface area contributed by atoms with Gasteiger partial charge in [-0.05, 0) is 38.4 Å². The number of hydrogen-bond donors (Lipinski definition) is 1. The van der Waals surface area contributed by atoms with Crippen LogP contribution in [0.15, 0.2) is 10.3 Å². The SMILES string of the molecule is CNCc1sc(S(=O)(=O)N2CCN(C3CC3)CC2)cc1C. The minimum atomic E-state index is -3.31. The number of thiophene rings is 1. The second kappa shape index (κ2) is 5.96. The van der Waals surface area contributed by atoms with Gasteiger partial charge in [-0.1, -0.05) is 0 Å². The third kappa shape index (κ3) is 3.17. The number of aryl methyl sites for hydroxylation is 1. The highest BCUT2D eigenvalue weighted by Crippen LogP contribution is 2.31. The Hall–Kier alpha value is -0.470. The molecule has 0 radical (unpaired) electrons. The average Bonchev–Trinajstić information content (AvgIpc) is 3.25. The first-order valence-corrected chi connectivity index (χ1v) is 9.76.